The van der Waals surface area contributed by atoms with E-state index in [2.05, 4.69) is 46.1 Å². The van der Waals surface area contributed by atoms with E-state index in [-0.39, 0.29) is 35.5 Å². The van der Waals surface area contributed by atoms with Crippen molar-refractivity contribution in [3.8, 4) is 0 Å². The first-order valence-corrected chi connectivity index (χ1v) is 12.0. The van der Waals surface area contributed by atoms with Gasteiger partial charge in [0.1, 0.15) is 6.23 Å². The third-order valence-corrected chi connectivity index (χ3v) is 10.2. The lowest BCUT2D eigenvalue weighted by Gasteiger charge is -2.39. The minimum atomic E-state index is -1.86. The average molecular weight is 355 g/mol. The molecule has 2 aliphatic heterocycles. The number of nitrogens with zero attached hydrogens (tertiary/aromatic N) is 1. The van der Waals surface area contributed by atoms with Crippen LogP contribution in [-0.4, -0.2) is 43.7 Å². The molecule has 1 N–H and O–H groups in total. The number of ether oxygens (including phenoxy) is 1. The molecule has 0 aromatic rings. The van der Waals surface area contributed by atoms with Gasteiger partial charge in [-0.25, -0.2) is 4.79 Å². The Bertz CT molecular complexity index is 513. The lowest BCUT2D eigenvalue weighted by atomic mass is 10.1. The molecule has 4 atom stereocenters. The van der Waals surface area contributed by atoms with Crippen molar-refractivity contribution >= 4 is 14.3 Å². The summed E-state index contributed by atoms with van der Waals surface area (Å²) >= 11 is 0. The normalized spacial score (nSPS) is 31.9. The maximum Gasteiger partial charge on any atom is 0.324 e. The summed E-state index contributed by atoms with van der Waals surface area (Å²) in [5.74, 6) is 0. The first-order valence-electron chi connectivity index (χ1n) is 9.06. The molecule has 0 spiro atoms. The van der Waals surface area contributed by atoms with Crippen LogP contribution in [0, 0.1) is 0 Å². The van der Waals surface area contributed by atoms with Crippen LogP contribution in [0.15, 0.2) is 11.8 Å². The molecule has 24 heavy (non-hydrogen) atoms. The van der Waals surface area contributed by atoms with Crippen LogP contribution in [0.1, 0.15) is 54.4 Å². The highest BCUT2D eigenvalue weighted by molar-refractivity contribution is 6.74. The van der Waals surface area contributed by atoms with E-state index < -0.39 is 8.32 Å². The lowest BCUT2D eigenvalue weighted by Crippen LogP contribution is -2.50. The molecule has 4 unspecified atom stereocenters. The van der Waals surface area contributed by atoms with Gasteiger partial charge in [0, 0.05) is 12.6 Å². The van der Waals surface area contributed by atoms with Crippen LogP contribution in [0.3, 0.4) is 0 Å². The minimum Gasteiger partial charge on any atom is -0.411 e. The number of carbonyl (C=O) groups excluding carboxylic acids is 1. The van der Waals surface area contributed by atoms with Crippen LogP contribution in [-0.2, 0) is 9.16 Å². The van der Waals surface area contributed by atoms with Crippen molar-refractivity contribution in [2.45, 2.75) is 97.0 Å². The van der Waals surface area contributed by atoms with Gasteiger partial charge in [-0.05, 0) is 44.0 Å². The number of rotatable bonds is 4. The molecule has 0 aliphatic carbocycles. The standard InChI is InChI=1S/C18H34N2O3Si/c1-9-14-15(23-24(7,8)18(4,5)6)10-16(22-14)20-11-12(2)13(3)19-17(20)21/h11,13-16H,9-10H2,1-8H3,(H,19,21). The van der Waals surface area contributed by atoms with Crippen molar-refractivity contribution in [2.75, 3.05) is 0 Å². The summed E-state index contributed by atoms with van der Waals surface area (Å²) in [4.78, 5) is 14.0. The SMILES string of the molecule is CCC1OC(N2C=C(C)C(C)NC2=O)CC1O[Si](C)(C)C(C)(C)C. The van der Waals surface area contributed by atoms with E-state index in [0.29, 0.717) is 0 Å². The minimum absolute atomic E-state index is 0.0463. The Morgan fingerprint density at radius 1 is 1.42 bits per heavy atom. The van der Waals surface area contributed by atoms with E-state index in [1.807, 2.05) is 20.0 Å². The number of urea groups is 1. The van der Waals surface area contributed by atoms with Crippen LogP contribution < -0.4 is 5.32 Å². The van der Waals surface area contributed by atoms with Gasteiger partial charge in [0.25, 0.3) is 0 Å². The summed E-state index contributed by atoms with van der Waals surface area (Å²) in [7, 11) is -1.86. The van der Waals surface area contributed by atoms with Gasteiger partial charge >= 0.3 is 6.03 Å². The fourth-order valence-electron chi connectivity index (χ4n) is 2.89. The van der Waals surface area contributed by atoms with Gasteiger partial charge in [0.2, 0.25) is 0 Å². The molecule has 0 bridgehead atoms. The number of hydrogen-bond acceptors (Lipinski definition) is 3. The quantitative estimate of drug-likeness (QED) is 0.769. The second kappa shape index (κ2) is 6.81. The Kier molecular flexibility index (Phi) is 5.52. The fourth-order valence-corrected chi connectivity index (χ4v) is 4.25. The predicted molar refractivity (Wildman–Crippen MR) is 99.2 cm³/mol. The van der Waals surface area contributed by atoms with Crippen LogP contribution in [0.4, 0.5) is 4.79 Å². The van der Waals surface area contributed by atoms with Gasteiger partial charge in [0.05, 0.1) is 18.2 Å². The summed E-state index contributed by atoms with van der Waals surface area (Å²) < 4.78 is 12.8. The molecule has 0 aromatic heterocycles. The van der Waals surface area contributed by atoms with Crippen LogP contribution in [0.5, 0.6) is 0 Å². The number of amides is 2. The van der Waals surface area contributed by atoms with Gasteiger partial charge in [-0.15, -0.1) is 0 Å². The average Bonchev–Trinajstić information content (AvgIpc) is 2.83. The van der Waals surface area contributed by atoms with Gasteiger partial charge in [-0.2, -0.15) is 0 Å². The Morgan fingerprint density at radius 3 is 2.58 bits per heavy atom. The van der Waals surface area contributed by atoms with Crippen molar-refractivity contribution in [1.29, 1.82) is 0 Å². The monoisotopic (exact) mass is 354 g/mol. The highest BCUT2D eigenvalue weighted by Crippen LogP contribution is 2.40. The van der Waals surface area contributed by atoms with Gasteiger partial charge in [0.15, 0.2) is 8.32 Å². The zero-order valence-corrected chi connectivity index (χ0v) is 17.5. The second-order valence-electron chi connectivity index (χ2n) is 8.64. The summed E-state index contributed by atoms with van der Waals surface area (Å²) in [6.45, 7) is 17.4. The second-order valence-corrected chi connectivity index (χ2v) is 13.4. The molecular weight excluding hydrogens is 320 g/mol. The zero-order valence-electron chi connectivity index (χ0n) is 16.5. The van der Waals surface area contributed by atoms with Crippen molar-refractivity contribution in [3.63, 3.8) is 0 Å². The van der Waals surface area contributed by atoms with Crippen LogP contribution >= 0.6 is 0 Å². The summed E-state index contributed by atoms with van der Waals surface area (Å²) in [5.41, 5.74) is 1.14. The third-order valence-electron chi connectivity index (χ3n) is 5.75. The third kappa shape index (κ3) is 3.86. The molecule has 0 aromatic carbocycles. The maximum absolute atomic E-state index is 12.3. The van der Waals surface area contributed by atoms with E-state index >= 15 is 0 Å². The lowest BCUT2D eigenvalue weighted by molar-refractivity contribution is -0.0322. The van der Waals surface area contributed by atoms with E-state index in [9.17, 15) is 4.79 Å². The molecule has 1 fully saturated rings. The van der Waals surface area contributed by atoms with Gasteiger partial charge in [-0.3, -0.25) is 4.90 Å². The molecular formula is C18H34N2O3Si. The highest BCUT2D eigenvalue weighted by atomic mass is 28.4. The van der Waals surface area contributed by atoms with Gasteiger partial charge < -0.3 is 14.5 Å². The van der Waals surface area contributed by atoms with Crippen molar-refractivity contribution in [1.82, 2.24) is 10.2 Å². The van der Waals surface area contributed by atoms with E-state index in [4.69, 9.17) is 9.16 Å². The molecule has 1 saturated heterocycles. The molecule has 5 nitrogen and oxygen atoms in total. The van der Waals surface area contributed by atoms with Crippen molar-refractivity contribution in [3.05, 3.63) is 11.8 Å². The van der Waals surface area contributed by atoms with Gasteiger partial charge in [-0.1, -0.05) is 27.7 Å². The molecule has 2 aliphatic rings. The van der Waals surface area contributed by atoms with Crippen molar-refractivity contribution < 1.29 is 14.0 Å². The largest absolute Gasteiger partial charge is 0.411 e. The number of nitrogens with one attached hydrogen (secondary N) is 1. The summed E-state index contributed by atoms with van der Waals surface area (Å²) in [6, 6.07) is -0.00247. The van der Waals surface area contributed by atoms with E-state index in [1.165, 1.54) is 0 Å². The summed E-state index contributed by atoms with van der Waals surface area (Å²) in [5, 5.41) is 3.15. The smallest absolute Gasteiger partial charge is 0.324 e. The molecule has 2 rings (SSSR count). The maximum atomic E-state index is 12.3. The fraction of sp³-hybridized carbons (Fsp3) is 0.833. The van der Waals surface area contributed by atoms with Crippen LogP contribution in [0.2, 0.25) is 18.1 Å². The Balaban J connectivity index is 2.13. The molecule has 6 heteroatoms. The number of carbonyl (C=O) groups is 1. The first kappa shape index (κ1) is 19.5. The summed E-state index contributed by atoms with van der Waals surface area (Å²) in [6.07, 6.45) is 3.41. The highest BCUT2D eigenvalue weighted by Gasteiger charge is 2.46. The predicted octanol–water partition coefficient (Wildman–Crippen LogP) is 4.22. The Morgan fingerprint density at radius 2 is 2.04 bits per heavy atom. The molecule has 2 amide bonds. The van der Waals surface area contributed by atoms with E-state index in [1.54, 1.807) is 4.90 Å². The Labute approximate surface area is 147 Å². The molecule has 0 radical (unpaired) electrons. The molecule has 138 valence electrons. The zero-order chi connectivity index (χ0) is 18.3. The molecule has 0 saturated carbocycles. The van der Waals surface area contributed by atoms with E-state index in [0.717, 1.165) is 18.4 Å². The Hall–Kier alpha value is -0.853. The molecule has 2 heterocycles. The topological polar surface area (TPSA) is 50.8 Å². The first-order chi connectivity index (χ1) is 11.0. The van der Waals surface area contributed by atoms with Crippen LogP contribution in [0.25, 0.3) is 0 Å². The van der Waals surface area contributed by atoms with Crippen molar-refractivity contribution in [2.24, 2.45) is 0 Å². The number of hydrogen-bond donors (Lipinski definition) is 1.